The number of thiol groups is 1. The molecule has 0 saturated carbocycles. The Hall–Kier alpha value is -0.530. The van der Waals surface area contributed by atoms with E-state index in [2.05, 4.69) is 35.2 Å². The number of sulfonamides is 1. The van der Waals surface area contributed by atoms with Gasteiger partial charge in [0, 0.05) is 28.1 Å². The fourth-order valence-electron chi connectivity index (χ4n) is 2.54. The number of amides is 1. The SMILES string of the molecule is O=C(NCC1CCN(S(=O)(=O)c2ccc(I)cc2S)CC1)C(F)(F)F. The molecule has 1 saturated heterocycles. The Morgan fingerprint density at radius 1 is 1.32 bits per heavy atom. The van der Waals surface area contributed by atoms with Crippen LogP contribution < -0.4 is 5.32 Å². The van der Waals surface area contributed by atoms with Gasteiger partial charge in [-0.1, -0.05) is 0 Å². The number of hydrogen-bond acceptors (Lipinski definition) is 4. The number of rotatable bonds is 4. The summed E-state index contributed by atoms with van der Waals surface area (Å²) in [5, 5.41) is 1.85. The molecule has 11 heteroatoms. The molecule has 5 nitrogen and oxygen atoms in total. The minimum atomic E-state index is -4.90. The molecule has 140 valence electrons. The number of benzene rings is 1. The Labute approximate surface area is 162 Å². The van der Waals surface area contributed by atoms with Gasteiger partial charge in [0.1, 0.15) is 0 Å². The molecule has 2 rings (SSSR count). The Morgan fingerprint density at radius 3 is 2.44 bits per heavy atom. The van der Waals surface area contributed by atoms with Gasteiger partial charge < -0.3 is 5.32 Å². The van der Waals surface area contributed by atoms with Crippen molar-refractivity contribution in [3.8, 4) is 0 Å². The van der Waals surface area contributed by atoms with E-state index in [1.807, 2.05) is 5.32 Å². The zero-order chi connectivity index (χ0) is 18.8. The third kappa shape index (κ3) is 5.23. The maximum atomic E-state index is 12.7. The predicted molar refractivity (Wildman–Crippen MR) is 97.0 cm³/mol. The van der Waals surface area contributed by atoms with Crippen LogP contribution in [0.2, 0.25) is 0 Å². The van der Waals surface area contributed by atoms with Crippen molar-refractivity contribution >= 4 is 51.2 Å². The van der Waals surface area contributed by atoms with Crippen molar-refractivity contribution in [2.24, 2.45) is 5.92 Å². The lowest BCUT2D eigenvalue weighted by atomic mass is 9.98. The van der Waals surface area contributed by atoms with E-state index in [1.165, 1.54) is 10.4 Å². The molecule has 0 aliphatic carbocycles. The van der Waals surface area contributed by atoms with Crippen LogP contribution in [-0.2, 0) is 14.8 Å². The van der Waals surface area contributed by atoms with Gasteiger partial charge >= 0.3 is 12.1 Å². The van der Waals surface area contributed by atoms with Gasteiger partial charge in [0.15, 0.2) is 0 Å². The maximum absolute atomic E-state index is 12.7. The second kappa shape index (κ2) is 8.01. The normalized spacial score (nSPS) is 17.5. The number of carbonyl (C=O) groups is 1. The van der Waals surface area contributed by atoms with Crippen molar-refractivity contribution in [2.45, 2.75) is 28.8 Å². The van der Waals surface area contributed by atoms with E-state index in [9.17, 15) is 26.4 Å². The molecule has 1 aromatic carbocycles. The van der Waals surface area contributed by atoms with Crippen LogP contribution in [0.3, 0.4) is 0 Å². The lowest BCUT2D eigenvalue weighted by Crippen LogP contribution is -2.44. The number of hydrogen-bond donors (Lipinski definition) is 2. The highest BCUT2D eigenvalue weighted by Crippen LogP contribution is 2.28. The molecule has 0 atom stereocenters. The van der Waals surface area contributed by atoms with E-state index in [-0.39, 0.29) is 30.4 Å². The predicted octanol–water partition coefficient (Wildman–Crippen LogP) is 2.66. The van der Waals surface area contributed by atoms with Crippen LogP contribution in [0, 0.1) is 9.49 Å². The minimum Gasteiger partial charge on any atom is -0.348 e. The fraction of sp³-hybridized carbons (Fsp3) is 0.500. The molecule has 1 aliphatic heterocycles. The summed E-state index contributed by atoms with van der Waals surface area (Å²) in [7, 11) is -3.70. The first-order valence-corrected chi connectivity index (χ1v) is 10.3. The molecule has 0 unspecified atom stereocenters. The molecule has 1 fully saturated rings. The largest absolute Gasteiger partial charge is 0.471 e. The monoisotopic (exact) mass is 508 g/mol. The van der Waals surface area contributed by atoms with Crippen LogP contribution in [0.15, 0.2) is 28.0 Å². The average Bonchev–Trinajstić information content (AvgIpc) is 2.51. The molecule has 1 heterocycles. The second-order valence-corrected chi connectivity index (χ2v) is 9.30. The Balaban J connectivity index is 1.96. The minimum absolute atomic E-state index is 0.111. The quantitative estimate of drug-likeness (QED) is 0.486. The van der Waals surface area contributed by atoms with E-state index >= 15 is 0 Å². The van der Waals surface area contributed by atoms with Gasteiger partial charge in [0.25, 0.3) is 0 Å². The highest BCUT2D eigenvalue weighted by Gasteiger charge is 2.39. The van der Waals surface area contributed by atoms with Crippen molar-refractivity contribution < 1.29 is 26.4 Å². The molecule has 0 aromatic heterocycles. The van der Waals surface area contributed by atoms with Crippen LogP contribution in [0.25, 0.3) is 0 Å². The molecule has 0 spiro atoms. The average molecular weight is 508 g/mol. The van der Waals surface area contributed by atoms with Crippen molar-refractivity contribution in [2.75, 3.05) is 19.6 Å². The summed E-state index contributed by atoms with van der Waals surface area (Å²) in [5.74, 6) is -2.16. The van der Waals surface area contributed by atoms with Crippen molar-refractivity contribution in [1.82, 2.24) is 9.62 Å². The summed E-state index contributed by atoms with van der Waals surface area (Å²) in [6.45, 7) is 0.260. The van der Waals surface area contributed by atoms with E-state index in [4.69, 9.17) is 0 Å². The first kappa shape index (κ1) is 20.8. The van der Waals surface area contributed by atoms with Crippen molar-refractivity contribution in [3.63, 3.8) is 0 Å². The van der Waals surface area contributed by atoms with E-state index in [0.717, 1.165) is 3.57 Å². The first-order chi connectivity index (χ1) is 11.5. The first-order valence-electron chi connectivity index (χ1n) is 7.35. The summed E-state index contributed by atoms with van der Waals surface area (Å²) in [6, 6.07) is 4.82. The highest BCUT2D eigenvalue weighted by molar-refractivity contribution is 14.1. The van der Waals surface area contributed by atoms with E-state index in [1.54, 1.807) is 12.1 Å². The number of piperidine rings is 1. The van der Waals surface area contributed by atoms with Gasteiger partial charge in [-0.25, -0.2) is 8.42 Å². The zero-order valence-electron chi connectivity index (χ0n) is 12.9. The van der Waals surface area contributed by atoms with Crippen LogP contribution in [-0.4, -0.2) is 44.4 Å². The van der Waals surface area contributed by atoms with Gasteiger partial charge in [-0.2, -0.15) is 17.5 Å². The molecule has 1 aliphatic rings. The Kier molecular flexibility index (Phi) is 6.65. The second-order valence-electron chi connectivity index (χ2n) is 5.67. The number of halogens is 4. The molecular formula is C14H16F3IN2O3S2. The Bertz CT molecular complexity index is 748. The number of nitrogens with one attached hydrogen (secondary N) is 1. The third-order valence-corrected chi connectivity index (χ3v) is 7.07. The topological polar surface area (TPSA) is 66.5 Å². The van der Waals surface area contributed by atoms with Crippen molar-refractivity contribution in [3.05, 3.63) is 21.8 Å². The highest BCUT2D eigenvalue weighted by atomic mass is 127. The number of nitrogens with zero attached hydrogens (tertiary/aromatic N) is 1. The zero-order valence-corrected chi connectivity index (χ0v) is 16.8. The molecular weight excluding hydrogens is 492 g/mol. The standard InChI is InChI=1S/C14H16F3IN2O3S2/c15-14(16,17)13(21)19-8-9-3-5-20(6-4-9)25(22,23)12-2-1-10(18)7-11(12)24/h1-2,7,9,24H,3-6,8H2,(H,19,21). The molecule has 1 aromatic rings. The summed E-state index contributed by atoms with van der Waals surface area (Å²) in [6.07, 6.45) is -4.15. The van der Waals surface area contributed by atoms with Crippen LogP contribution in [0.1, 0.15) is 12.8 Å². The van der Waals surface area contributed by atoms with Gasteiger partial charge in [0.2, 0.25) is 10.0 Å². The van der Waals surface area contributed by atoms with E-state index in [0.29, 0.717) is 17.7 Å². The fourth-order valence-corrected chi connectivity index (χ4v) is 5.37. The number of carbonyl (C=O) groups excluding carboxylic acids is 1. The van der Waals surface area contributed by atoms with Gasteiger partial charge in [0.05, 0.1) is 4.90 Å². The van der Waals surface area contributed by atoms with E-state index < -0.39 is 22.1 Å². The molecule has 1 amide bonds. The molecule has 0 bridgehead atoms. The summed E-state index contributed by atoms with van der Waals surface area (Å²) in [5.41, 5.74) is 0. The smallest absolute Gasteiger partial charge is 0.348 e. The van der Waals surface area contributed by atoms with Crippen LogP contribution in [0.5, 0.6) is 0 Å². The summed E-state index contributed by atoms with van der Waals surface area (Å²) < 4.78 is 64.0. The lowest BCUT2D eigenvalue weighted by Gasteiger charge is -2.31. The van der Waals surface area contributed by atoms with Gasteiger partial charge in [-0.05, 0) is 59.5 Å². The molecule has 25 heavy (non-hydrogen) atoms. The Morgan fingerprint density at radius 2 is 1.92 bits per heavy atom. The summed E-state index contributed by atoms with van der Waals surface area (Å²) >= 11 is 6.27. The van der Waals surface area contributed by atoms with Gasteiger partial charge in [-0.15, -0.1) is 12.6 Å². The number of alkyl halides is 3. The van der Waals surface area contributed by atoms with Gasteiger partial charge in [-0.3, -0.25) is 4.79 Å². The van der Waals surface area contributed by atoms with Crippen LogP contribution in [0.4, 0.5) is 13.2 Å². The molecule has 1 N–H and O–H groups in total. The van der Waals surface area contributed by atoms with Crippen molar-refractivity contribution in [1.29, 1.82) is 0 Å². The lowest BCUT2D eigenvalue weighted by molar-refractivity contribution is -0.173. The third-order valence-electron chi connectivity index (χ3n) is 3.92. The maximum Gasteiger partial charge on any atom is 0.471 e. The van der Waals surface area contributed by atoms with Crippen LogP contribution >= 0.6 is 35.2 Å². The summed E-state index contributed by atoms with van der Waals surface area (Å²) in [4.78, 5) is 11.3. The molecule has 0 radical (unpaired) electrons.